The summed E-state index contributed by atoms with van der Waals surface area (Å²) >= 11 is 0. The van der Waals surface area contributed by atoms with Crippen molar-refractivity contribution >= 4 is 7.82 Å². The molecule has 11 heteroatoms. The van der Waals surface area contributed by atoms with Crippen LogP contribution in [0.25, 0.3) is 0 Å². The van der Waals surface area contributed by atoms with Crippen LogP contribution in [0.2, 0.25) is 0 Å². The third kappa shape index (κ3) is 5.84. The molecule has 2 rings (SSSR count). The summed E-state index contributed by atoms with van der Waals surface area (Å²) in [7, 11) is -3.75. The molecule has 0 saturated carbocycles. The Labute approximate surface area is 157 Å². The van der Waals surface area contributed by atoms with Gasteiger partial charge in [0, 0.05) is 18.2 Å². The predicted octanol–water partition coefficient (Wildman–Crippen LogP) is 1.47. The van der Waals surface area contributed by atoms with Crippen LogP contribution in [0.15, 0.2) is 15.8 Å². The molecule has 0 bridgehead atoms. The average molecular weight is 406 g/mol. The normalized spacial score (nSPS) is 23.0. The van der Waals surface area contributed by atoms with Crippen LogP contribution in [0.4, 0.5) is 0 Å². The Balaban J connectivity index is 2.03. The van der Waals surface area contributed by atoms with Gasteiger partial charge in [-0.25, -0.2) is 9.36 Å². The lowest BCUT2D eigenvalue weighted by Gasteiger charge is -2.21. The summed E-state index contributed by atoms with van der Waals surface area (Å²) < 4.78 is 35.2. The number of aromatic nitrogens is 2. The van der Waals surface area contributed by atoms with E-state index in [9.17, 15) is 19.3 Å². The molecule has 0 unspecified atom stereocenters. The molecule has 1 fully saturated rings. The van der Waals surface area contributed by atoms with Crippen molar-refractivity contribution in [2.75, 3.05) is 19.8 Å². The molecular weight excluding hydrogens is 379 g/mol. The second kappa shape index (κ2) is 9.77. The molecule has 1 aliphatic heterocycles. The van der Waals surface area contributed by atoms with Crippen molar-refractivity contribution in [3.8, 4) is 0 Å². The molecule has 27 heavy (non-hydrogen) atoms. The molecule has 1 aromatic rings. The number of hydrogen-bond acceptors (Lipinski definition) is 8. The highest BCUT2D eigenvalue weighted by atomic mass is 31.2. The van der Waals surface area contributed by atoms with Crippen molar-refractivity contribution in [2.45, 2.75) is 58.5 Å². The minimum atomic E-state index is -3.75. The van der Waals surface area contributed by atoms with Crippen LogP contribution >= 0.6 is 7.82 Å². The smallest absolute Gasteiger partial charge is 0.390 e. The Morgan fingerprint density at radius 1 is 1.26 bits per heavy atom. The number of rotatable bonds is 10. The van der Waals surface area contributed by atoms with Gasteiger partial charge in [0.1, 0.15) is 12.3 Å². The van der Waals surface area contributed by atoms with Crippen molar-refractivity contribution < 1.29 is 28.0 Å². The molecule has 10 nitrogen and oxygen atoms in total. The highest BCUT2D eigenvalue weighted by Gasteiger charge is 2.38. The maximum atomic E-state index is 12.6. The molecule has 1 saturated heterocycles. The molecule has 0 amide bonds. The van der Waals surface area contributed by atoms with Gasteiger partial charge >= 0.3 is 13.5 Å². The minimum absolute atomic E-state index is 0.120. The van der Waals surface area contributed by atoms with Gasteiger partial charge in [-0.1, -0.05) is 13.8 Å². The van der Waals surface area contributed by atoms with Crippen molar-refractivity contribution in [1.29, 1.82) is 0 Å². The Hall–Kier alpha value is -1.29. The fraction of sp³-hybridized carbons (Fsp3) is 0.750. The molecule has 0 aliphatic carbocycles. The number of aromatic amines is 1. The first kappa shape index (κ1) is 22.0. The van der Waals surface area contributed by atoms with E-state index in [1.807, 2.05) is 13.8 Å². The van der Waals surface area contributed by atoms with E-state index in [0.717, 1.165) is 0 Å². The number of H-pyrrole nitrogens is 1. The van der Waals surface area contributed by atoms with Crippen molar-refractivity contribution in [3.05, 3.63) is 32.6 Å². The minimum Gasteiger partial charge on any atom is -0.390 e. The molecule has 2 N–H and O–H groups in total. The maximum Gasteiger partial charge on any atom is 0.474 e. The van der Waals surface area contributed by atoms with E-state index in [0.29, 0.717) is 18.4 Å². The van der Waals surface area contributed by atoms with Crippen LogP contribution in [-0.4, -0.2) is 46.7 Å². The largest absolute Gasteiger partial charge is 0.474 e. The highest BCUT2D eigenvalue weighted by Crippen LogP contribution is 2.50. The molecule has 154 valence electrons. The van der Waals surface area contributed by atoms with Crippen molar-refractivity contribution in [2.24, 2.45) is 0 Å². The van der Waals surface area contributed by atoms with Crippen LogP contribution in [-0.2, 0) is 22.9 Å². The lowest BCUT2D eigenvalue weighted by Crippen LogP contribution is -2.33. The van der Waals surface area contributed by atoms with Crippen LogP contribution < -0.4 is 11.2 Å². The summed E-state index contributed by atoms with van der Waals surface area (Å²) in [6.45, 7) is 5.49. The first-order chi connectivity index (χ1) is 12.8. The van der Waals surface area contributed by atoms with E-state index in [1.165, 1.54) is 10.8 Å². The van der Waals surface area contributed by atoms with E-state index in [4.69, 9.17) is 18.3 Å². The maximum absolute atomic E-state index is 12.6. The highest BCUT2D eigenvalue weighted by molar-refractivity contribution is 7.48. The first-order valence-corrected chi connectivity index (χ1v) is 10.4. The molecule has 1 aliphatic rings. The van der Waals surface area contributed by atoms with E-state index in [1.54, 1.807) is 6.92 Å². The molecule has 1 aromatic heterocycles. The van der Waals surface area contributed by atoms with Crippen LogP contribution in [0.3, 0.4) is 0 Å². The molecule has 0 aromatic carbocycles. The summed E-state index contributed by atoms with van der Waals surface area (Å²) in [5.74, 6) is 0. The third-order valence-corrected chi connectivity index (χ3v) is 5.43. The average Bonchev–Trinajstić information content (AvgIpc) is 3.00. The second-order valence-corrected chi connectivity index (χ2v) is 7.99. The lowest BCUT2D eigenvalue weighted by atomic mass is 10.2. The Morgan fingerprint density at radius 3 is 2.48 bits per heavy atom. The number of aliphatic hydroxyl groups excluding tert-OH is 1. The van der Waals surface area contributed by atoms with Crippen LogP contribution in [0.1, 0.15) is 44.9 Å². The predicted molar refractivity (Wildman–Crippen MR) is 96.6 cm³/mol. The summed E-state index contributed by atoms with van der Waals surface area (Å²) in [4.78, 5) is 25.6. The SMILES string of the molecule is CCCOP(=O)(OCCC)OC[C@H]1O[C@@H](n2cc(C)c(=O)[nH]c2=O)C[C@@H]1O. The topological polar surface area (TPSA) is 129 Å². The quantitative estimate of drug-likeness (QED) is 0.559. The summed E-state index contributed by atoms with van der Waals surface area (Å²) in [5.41, 5.74) is -0.762. The van der Waals surface area contributed by atoms with E-state index in [-0.39, 0.29) is 26.2 Å². The van der Waals surface area contributed by atoms with Crippen molar-refractivity contribution in [3.63, 3.8) is 0 Å². The molecular formula is C16H27N2O8P. The molecule has 3 atom stereocenters. The van der Waals surface area contributed by atoms with E-state index >= 15 is 0 Å². The Morgan fingerprint density at radius 2 is 1.89 bits per heavy atom. The zero-order chi connectivity index (χ0) is 20.0. The van der Waals surface area contributed by atoms with E-state index < -0.39 is 37.5 Å². The monoisotopic (exact) mass is 406 g/mol. The molecule has 0 radical (unpaired) electrons. The molecule has 2 heterocycles. The van der Waals surface area contributed by atoms with Crippen LogP contribution in [0.5, 0.6) is 0 Å². The summed E-state index contributed by atoms with van der Waals surface area (Å²) in [6.07, 6.45) is 0.239. The van der Waals surface area contributed by atoms with Gasteiger partial charge in [-0.05, 0) is 19.8 Å². The first-order valence-electron chi connectivity index (χ1n) is 8.99. The standard InChI is InChI=1S/C16H27N2O8P/c1-4-6-23-27(22,24-7-5-2)25-10-13-12(19)8-14(26-13)18-9-11(3)15(20)17-16(18)21/h9,12-14,19H,4-8,10H2,1-3H3,(H,17,20,21)/t12-,13+,14+/m0/s1. The number of aryl methyl sites for hydroxylation is 1. The zero-order valence-electron chi connectivity index (χ0n) is 15.8. The molecule has 0 spiro atoms. The van der Waals surface area contributed by atoms with Crippen LogP contribution in [0, 0.1) is 6.92 Å². The summed E-state index contributed by atoms with van der Waals surface area (Å²) in [5, 5.41) is 10.2. The van der Waals surface area contributed by atoms with Crippen molar-refractivity contribution in [1.82, 2.24) is 9.55 Å². The van der Waals surface area contributed by atoms with Gasteiger partial charge in [-0.15, -0.1) is 0 Å². The number of nitrogens with one attached hydrogen (secondary N) is 1. The number of phosphoric acid groups is 1. The fourth-order valence-electron chi connectivity index (χ4n) is 2.52. The third-order valence-electron chi connectivity index (χ3n) is 3.96. The zero-order valence-corrected chi connectivity index (χ0v) is 16.6. The lowest BCUT2D eigenvalue weighted by molar-refractivity contribution is -0.0482. The van der Waals surface area contributed by atoms with Gasteiger partial charge in [-0.3, -0.25) is 27.9 Å². The fourth-order valence-corrected chi connectivity index (χ4v) is 3.88. The Kier molecular flexibility index (Phi) is 7.96. The van der Waals surface area contributed by atoms with Gasteiger partial charge in [0.25, 0.3) is 5.56 Å². The second-order valence-electron chi connectivity index (χ2n) is 6.32. The number of ether oxygens (including phenoxy) is 1. The van der Waals surface area contributed by atoms with Gasteiger partial charge in [0.05, 0.1) is 25.9 Å². The summed E-state index contributed by atoms with van der Waals surface area (Å²) in [6, 6.07) is 0. The number of hydrogen-bond donors (Lipinski definition) is 2. The van der Waals surface area contributed by atoms with Gasteiger partial charge in [0.15, 0.2) is 0 Å². The van der Waals surface area contributed by atoms with Gasteiger partial charge < -0.3 is 9.84 Å². The Bertz CT molecular complexity index is 764. The number of nitrogens with zero attached hydrogens (tertiary/aromatic N) is 1. The van der Waals surface area contributed by atoms with E-state index in [2.05, 4.69) is 4.98 Å². The number of phosphoric ester groups is 1. The number of aliphatic hydroxyl groups is 1. The van der Waals surface area contributed by atoms with Gasteiger partial charge in [0.2, 0.25) is 0 Å². The van der Waals surface area contributed by atoms with Gasteiger partial charge in [-0.2, -0.15) is 0 Å².